The normalized spacial score (nSPS) is 19.4. The Bertz CT molecular complexity index is 785. The molecule has 6 nitrogen and oxygen atoms in total. The van der Waals surface area contributed by atoms with Crippen molar-refractivity contribution >= 4 is 33.6 Å². The lowest BCUT2D eigenvalue weighted by atomic mass is 9.91. The number of nitrogens with one attached hydrogen (secondary N) is 2. The summed E-state index contributed by atoms with van der Waals surface area (Å²) in [6, 6.07) is 9.98. The van der Waals surface area contributed by atoms with Crippen molar-refractivity contribution in [3.63, 3.8) is 0 Å². The van der Waals surface area contributed by atoms with Gasteiger partial charge in [0.2, 0.25) is 5.95 Å². The first kappa shape index (κ1) is 19.6. The number of aromatic nitrogens is 2. The van der Waals surface area contributed by atoms with E-state index in [4.69, 9.17) is 0 Å². The van der Waals surface area contributed by atoms with Crippen LogP contribution in [-0.4, -0.2) is 42.1 Å². The Morgan fingerprint density at radius 3 is 2.33 bits per heavy atom. The summed E-state index contributed by atoms with van der Waals surface area (Å²) in [7, 11) is 3.95. The van der Waals surface area contributed by atoms with Crippen LogP contribution in [0.25, 0.3) is 0 Å². The molecule has 0 spiro atoms. The molecule has 0 aliphatic heterocycles. The van der Waals surface area contributed by atoms with Crippen LogP contribution in [0.4, 0.5) is 11.8 Å². The monoisotopic (exact) mass is 431 g/mol. The van der Waals surface area contributed by atoms with E-state index in [-0.39, 0.29) is 11.9 Å². The number of halogens is 1. The fourth-order valence-corrected chi connectivity index (χ4v) is 3.54. The van der Waals surface area contributed by atoms with Crippen LogP contribution in [0.3, 0.4) is 0 Å². The second-order valence-electron chi connectivity index (χ2n) is 7.26. The number of nitrogens with zero attached hydrogens (tertiary/aromatic N) is 3. The molecular weight excluding hydrogens is 406 g/mol. The highest BCUT2D eigenvalue weighted by Crippen LogP contribution is 2.23. The Labute approximate surface area is 168 Å². The van der Waals surface area contributed by atoms with E-state index in [0.29, 0.717) is 17.6 Å². The number of benzene rings is 1. The molecule has 1 aromatic heterocycles. The predicted octanol–water partition coefficient (Wildman–Crippen LogP) is 3.77. The van der Waals surface area contributed by atoms with E-state index in [9.17, 15) is 4.79 Å². The summed E-state index contributed by atoms with van der Waals surface area (Å²) in [5.74, 6) is 1.58. The Morgan fingerprint density at radius 1 is 1.07 bits per heavy atom. The average Bonchev–Trinajstić information content (AvgIpc) is 2.63. The number of anilines is 2. The van der Waals surface area contributed by atoms with Crippen LogP contribution in [0, 0.1) is 6.92 Å². The molecule has 0 atom stereocenters. The summed E-state index contributed by atoms with van der Waals surface area (Å²) in [6.07, 6.45) is 3.87. The van der Waals surface area contributed by atoms with Gasteiger partial charge in [-0.05, 0) is 56.9 Å². The number of hydrogen-bond acceptors (Lipinski definition) is 5. The third-order valence-electron chi connectivity index (χ3n) is 4.80. The van der Waals surface area contributed by atoms with E-state index >= 15 is 0 Å². The molecule has 1 aliphatic rings. The molecule has 1 saturated carbocycles. The largest absolute Gasteiger partial charge is 0.363 e. The van der Waals surface area contributed by atoms with Gasteiger partial charge < -0.3 is 15.5 Å². The molecule has 0 saturated heterocycles. The van der Waals surface area contributed by atoms with E-state index < -0.39 is 0 Å². The number of amides is 1. The third kappa shape index (κ3) is 5.42. The van der Waals surface area contributed by atoms with E-state index in [2.05, 4.69) is 36.5 Å². The summed E-state index contributed by atoms with van der Waals surface area (Å²) in [4.78, 5) is 23.4. The minimum atomic E-state index is -0.00319. The first-order valence-corrected chi connectivity index (χ1v) is 10.1. The Morgan fingerprint density at radius 2 is 1.70 bits per heavy atom. The fourth-order valence-electron chi connectivity index (χ4n) is 3.28. The van der Waals surface area contributed by atoms with Gasteiger partial charge in [0, 0.05) is 48.0 Å². The van der Waals surface area contributed by atoms with Crippen LogP contribution in [0.1, 0.15) is 41.7 Å². The molecule has 144 valence electrons. The number of aryl methyl sites for hydroxylation is 1. The zero-order chi connectivity index (χ0) is 19.4. The first-order chi connectivity index (χ1) is 12.9. The Kier molecular flexibility index (Phi) is 6.31. The van der Waals surface area contributed by atoms with E-state index in [1.165, 1.54) is 0 Å². The van der Waals surface area contributed by atoms with Gasteiger partial charge in [0.25, 0.3) is 5.91 Å². The maximum Gasteiger partial charge on any atom is 0.251 e. The van der Waals surface area contributed by atoms with E-state index in [0.717, 1.165) is 41.7 Å². The van der Waals surface area contributed by atoms with E-state index in [1.807, 2.05) is 56.3 Å². The van der Waals surface area contributed by atoms with Crippen LogP contribution in [-0.2, 0) is 0 Å². The first-order valence-electron chi connectivity index (χ1n) is 9.26. The Hall–Kier alpha value is -2.15. The zero-order valence-electron chi connectivity index (χ0n) is 16.0. The summed E-state index contributed by atoms with van der Waals surface area (Å²) in [5.41, 5.74) is 1.65. The van der Waals surface area contributed by atoms with Gasteiger partial charge in [-0.25, -0.2) is 4.98 Å². The Balaban J connectivity index is 1.52. The summed E-state index contributed by atoms with van der Waals surface area (Å²) < 4.78 is 0.974. The molecule has 0 unspecified atom stereocenters. The van der Waals surface area contributed by atoms with Crippen molar-refractivity contribution in [2.45, 2.75) is 44.7 Å². The standard InChI is InChI=1S/C20H26BrN5O/c1-13-12-18(26(2)3)25-20(22-13)24-17-10-8-16(9-11-17)23-19(27)14-4-6-15(21)7-5-14/h4-7,12,16-17H,8-11H2,1-3H3,(H,23,27)(H,22,24,25)/t16-,17+. The SMILES string of the molecule is Cc1cc(N(C)C)nc(N[C@H]2CC[C@@H](NC(=O)c3ccc(Br)cc3)CC2)n1. The molecule has 7 heteroatoms. The van der Waals surface area contributed by atoms with Crippen molar-refractivity contribution in [1.82, 2.24) is 15.3 Å². The van der Waals surface area contributed by atoms with Gasteiger partial charge in [-0.1, -0.05) is 15.9 Å². The van der Waals surface area contributed by atoms with Crippen molar-refractivity contribution in [1.29, 1.82) is 0 Å². The molecule has 2 aromatic rings. The van der Waals surface area contributed by atoms with Gasteiger partial charge in [0.1, 0.15) is 5.82 Å². The third-order valence-corrected chi connectivity index (χ3v) is 5.33. The molecule has 27 heavy (non-hydrogen) atoms. The highest BCUT2D eigenvalue weighted by Gasteiger charge is 2.23. The lowest BCUT2D eigenvalue weighted by Gasteiger charge is -2.30. The molecule has 0 bridgehead atoms. The summed E-state index contributed by atoms with van der Waals surface area (Å²) in [6.45, 7) is 1.98. The number of carbonyl (C=O) groups excluding carboxylic acids is 1. The minimum Gasteiger partial charge on any atom is -0.363 e. The van der Waals surface area contributed by atoms with Crippen molar-refractivity contribution in [3.05, 3.63) is 46.1 Å². The lowest BCUT2D eigenvalue weighted by Crippen LogP contribution is -2.40. The molecule has 3 rings (SSSR count). The van der Waals surface area contributed by atoms with Gasteiger partial charge in [0.05, 0.1) is 0 Å². The average molecular weight is 432 g/mol. The highest BCUT2D eigenvalue weighted by molar-refractivity contribution is 9.10. The molecule has 1 amide bonds. The fraction of sp³-hybridized carbons (Fsp3) is 0.450. The molecule has 1 aliphatic carbocycles. The smallest absolute Gasteiger partial charge is 0.251 e. The summed E-state index contributed by atoms with van der Waals surface area (Å²) >= 11 is 3.39. The molecular formula is C20H26BrN5O. The topological polar surface area (TPSA) is 70.2 Å². The van der Waals surface area contributed by atoms with Crippen molar-refractivity contribution in [3.8, 4) is 0 Å². The molecule has 1 aromatic carbocycles. The van der Waals surface area contributed by atoms with Crippen LogP contribution < -0.4 is 15.5 Å². The van der Waals surface area contributed by atoms with Gasteiger partial charge in [-0.15, -0.1) is 0 Å². The van der Waals surface area contributed by atoms with Crippen LogP contribution in [0.5, 0.6) is 0 Å². The minimum absolute atomic E-state index is 0.00319. The van der Waals surface area contributed by atoms with Crippen LogP contribution in [0.2, 0.25) is 0 Å². The van der Waals surface area contributed by atoms with E-state index in [1.54, 1.807) is 0 Å². The molecule has 2 N–H and O–H groups in total. The van der Waals surface area contributed by atoms with Gasteiger partial charge in [0.15, 0.2) is 0 Å². The van der Waals surface area contributed by atoms with Crippen molar-refractivity contribution < 1.29 is 4.79 Å². The molecule has 0 radical (unpaired) electrons. The molecule has 1 heterocycles. The zero-order valence-corrected chi connectivity index (χ0v) is 17.6. The quantitative estimate of drug-likeness (QED) is 0.753. The second-order valence-corrected chi connectivity index (χ2v) is 8.17. The van der Waals surface area contributed by atoms with Gasteiger partial charge in [-0.2, -0.15) is 4.98 Å². The van der Waals surface area contributed by atoms with Gasteiger partial charge >= 0.3 is 0 Å². The highest BCUT2D eigenvalue weighted by atomic mass is 79.9. The molecule has 1 fully saturated rings. The maximum absolute atomic E-state index is 12.4. The van der Waals surface area contributed by atoms with Crippen molar-refractivity contribution in [2.24, 2.45) is 0 Å². The number of rotatable bonds is 5. The number of hydrogen-bond donors (Lipinski definition) is 2. The van der Waals surface area contributed by atoms with Crippen LogP contribution in [0.15, 0.2) is 34.8 Å². The second kappa shape index (κ2) is 8.69. The van der Waals surface area contributed by atoms with Gasteiger partial charge in [-0.3, -0.25) is 4.79 Å². The van der Waals surface area contributed by atoms with Crippen LogP contribution >= 0.6 is 15.9 Å². The summed E-state index contributed by atoms with van der Waals surface area (Å²) in [5, 5.41) is 6.61. The lowest BCUT2D eigenvalue weighted by molar-refractivity contribution is 0.0926. The van der Waals surface area contributed by atoms with Crippen molar-refractivity contribution in [2.75, 3.05) is 24.3 Å². The number of carbonyl (C=O) groups is 1. The maximum atomic E-state index is 12.4. The predicted molar refractivity (Wildman–Crippen MR) is 112 cm³/mol.